The maximum atomic E-state index is 12.9. The molecule has 1 atom stereocenters. The molecule has 0 aromatic heterocycles. The Morgan fingerprint density at radius 2 is 1.64 bits per heavy atom. The average molecular weight is 308 g/mol. The lowest BCUT2D eigenvalue weighted by Crippen LogP contribution is -2.16. The lowest BCUT2D eigenvalue weighted by Gasteiger charge is -2.17. The molecule has 0 bridgehead atoms. The molecule has 0 aliphatic carbocycles. The highest BCUT2D eigenvalue weighted by molar-refractivity contribution is 5.91. The molecule has 116 valence electrons. The van der Waals surface area contributed by atoms with E-state index in [1.807, 2.05) is 19.1 Å². The third-order valence-corrected chi connectivity index (χ3v) is 3.36. The summed E-state index contributed by atoms with van der Waals surface area (Å²) in [5.74, 6) is -0.983. The van der Waals surface area contributed by atoms with E-state index in [9.17, 15) is 18.0 Å². The van der Waals surface area contributed by atoms with E-state index >= 15 is 0 Å². The molecule has 0 aliphatic heterocycles. The van der Waals surface area contributed by atoms with Gasteiger partial charge in [-0.2, -0.15) is 13.2 Å². The number of alkyl halides is 3. The van der Waals surface area contributed by atoms with Crippen LogP contribution >= 0.6 is 0 Å². The second-order valence-electron chi connectivity index (χ2n) is 4.95. The van der Waals surface area contributed by atoms with Crippen LogP contribution in [0.15, 0.2) is 48.5 Å². The van der Waals surface area contributed by atoms with Crippen molar-refractivity contribution in [3.05, 3.63) is 70.8 Å². The van der Waals surface area contributed by atoms with E-state index in [0.29, 0.717) is 0 Å². The van der Waals surface area contributed by atoms with Crippen LogP contribution in [0.5, 0.6) is 0 Å². The van der Waals surface area contributed by atoms with Gasteiger partial charge in [-0.25, -0.2) is 4.79 Å². The summed E-state index contributed by atoms with van der Waals surface area (Å²) in [6.45, 7) is 3.49. The van der Waals surface area contributed by atoms with Crippen molar-refractivity contribution >= 4 is 5.97 Å². The first kappa shape index (κ1) is 16.1. The van der Waals surface area contributed by atoms with Crippen LogP contribution in [0.3, 0.4) is 0 Å². The summed E-state index contributed by atoms with van der Waals surface area (Å²) in [5, 5.41) is 0. The fourth-order valence-electron chi connectivity index (χ4n) is 2.24. The molecule has 0 N–H and O–H groups in total. The molecular formula is C17H15F3O2. The molecule has 22 heavy (non-hydrogen) atoms. The largest absolute Gasteiger partial charge is 0.454 e. The number of aryl methyl sites for hydroxylation is 1. The summed E-state index contributed by atoms with van der Waals surface area (Å²) in [6, 6.07) is 11.9. The van der Waals surface area contributed by atoms with Crippen molar-refractivity contribution in [3.63, 3.8) is 0 Å². The minimum Gasteiger partial charge on any atom is -0.454 e. The van der Waals surface area contributed by atoms with Crippen LogP contribution in [0.2, 0.25) is 0 Å². The predicted molar refractivity (Wildman–Crippen MR) is 76.5 cm³/mol. The first-order chi connectivity index (χ1) is 10.3. The minimum atomic E-state index is -4.60. The number of benzene rings is 2. The van der Waals surface area contributed by atoms with Crippen LogP contribution in [0.4, 0.5) is 13.2 Å². The molecule has 0 amide bonds. The molecule has 2 aromatic carbocycles. The molecule has 2 aromatic rings. The van der Waals surface area contributed by atoms with Gasteiger partial charge in [-0.3, -0.25) is 0 Å². The van der Waals surface area contributed by atoms with Gasteiger partial charge in [0.15, 0.2) is 0 Å². The van der Waals surface area contributed by atoms with E-state index in [0.717, 1.165) is 23.3 Å². The molecule has 0 heterocycles. The van der Waals surface area contributed by atoms with Gasteiger partial charge >= 0.3 is 12.1 Å². The second-order valence-corrected chi connectivity index (χ2v) is 4.95. The highest BCUT2D eigenvalue weighted by atomic mass is 19.4. The SMILES string of the molecule is Cc1ccccc1C(C)OC(=O)c1ccccc1C(F)(F)F. The quantitative estimate of drug-likeness (QED) is 0.751. The molecule has 0 radical (unpaired) electrons. The van der Waals surface area contributed by atoms with Gasteiger partial charge in [-0.05, 0) is 37.1 Å². The Kier molecular flexibility index (Phi) is 4.54. The molecule has 0 saturated carbocycles. The Bertz CT molecular complexity index is 678. The van der Waals surface area contributed by atoms with Gasteiger partial charge < -0.3 is 4.74 Å². The zero-order valence-corrected chi connectivity index (χ0v) is 12.1. The molecule has 2 rings (SSSR count). The van der Waals surface area contributed by atoms with Crippen LogP contribution in [0, 0.1) is 6.92 Å². The van der Waals surface area contributed by atoms with Crippen molar-refractivity contribution in [3.8, 4) is 0 Å². The summed E-state index contributed by atoms with van der Waals surface area (Å²) < 4.78 is 44.0. The lowest BCUT2D eigenvalue weighted by molar-refractivity contribution is -0.138. The Balaban J connectivity index is 2.25. The Hall–Kier alpha value is -2.30. The van der Waals surface area contributed by atoms with Crippen molar-refractivity contribution in [1.82, 2.24) is 0 Å². The molecule has 1 unspecified atom stereocenters. The van der Waals surface area contributed by atoms with Gasteiger partial charge in [0, 0.05) is 0 Å². The maximum absolute atomic E-state index is 12.9. The van der Waals surface area contributed by atoms with E-state index in [4.69, 9.17) is 4.74 Å². The van der Waals surface area contributed by atoms with Gasteiger partial charge in [-0.1, -0.05) is 36.4 Å². The van der Waals surface area contributed by atoms with Gasteiger partial charge in [0.1, 0.15) is 6.10 Å². The normalized spacial score (nSPS) is 12.8. The number of esters is 1. The number of hydrogen-bond acceptors (Lipinski definition) is 2. The topological polar surface area (TPSA) is 26.3 Å². The highest BCUT2D eigenvalue weighted by Gasteiger charge is 2.35. The molecule has 0 fully saturated rings. The Morgan fingerprint density at radius 1 is 1.05 bits per heavy atom. The van der Waals surface area contributed by atoms with Gasteiger partial charge in [0.25, 0.3) is 0 Å². The van der Waals surface area contributed by atoms with Crippen LogP contribution < -0.4 is 0 Å². The Morgan fingerprint density at radius 3 is 2.27 bits per heavy atom. The van der Waals surface area contributed by atoms with Crippen LogP contribution in [-0.4, -0.2) is 5.97 Å². The summed E-state index contributed by atoms with van der Waals surface area (Å²) in [6.07, 6.45) is -5.23. The molecular weight excluding hydrogens is 293 g/mol. The van der Waals surface area contributed by atoms with E-state index in [1.54, 1.807) is 19.1 Å². The number of carbonyl (C=O) groups excluding carboxylic acids is 1. The standard InChI is InChI=1S/C17H15F3O2/c1-11-7-3-4-8-13(11)12(2)22-16(21)14-9-5-6-10-15(14)17(18,19)20/h3-10,12H,1-2H3. The van der Waals surface area contributed by atoms with Gasteiger partial charge in [0.05, 0.1) is 11.1 Å². The molecule has 2 nitrogen and oxygen atoms in total. The second kappa shape index (κ2) is 6.22. The Labute approximate surface area is 126 Å². The summed E-state index contributed by atoms with van der Waals surface area (Å²) in [4.78, 5) is 12.1. The van der Waals surface area contributed by atoms with Crippen LogP contribution in [0.1, 0.15) is 40.1 Å². The van der Waals surface area contributed by atoms with E-state index < -0.39 is 29.4 Å². The third-order valence-electron chi connectivity index (χ3n) is 3.36. The molecule has 0 spiro atoms. The van der Waals surface area contributed by atoms with Crippen molar-refractivity contribution in [1.29, 1.82) is 0 Å². The highest BCUT2D eigenvalue weighted by Crippen LogP contribution is 2.33. The van der Waals surface area contributed by atoms with Crippen molar-refractivity contribution in [2.75, 3.05) is 0 Å². The van der Waals surface area contributed by atoms with E-state index in [1.165, 1.54) is 12.1 Å². The van der Waals surface area contributed by atoms with Crippen molar-refractivity contribution < 1.29 is 22.7 Å². The van der Waals surface area contributed by atoms with Gasteiger partial charge in [-0.15, -0.1) is 0 Å². The zero-order valence-electron chi connectivity index (χ0n) is 12.1. The van der Waals surface area contributed by atoms with E-state index in [2.05, 4.69) is 0 Å². The first-order valence-corrected chi connectivity index (χ1v) is 6.73. The number of halogens is 3. The fraction of sp³-hybridized carbons (Fsp3) is 0.235. The number of carbonyl (C=O) groups is 1. The zero-order chi connectivity index (χ0) is 16.3. The number of ether oxygens (including phenoxy) is 1. The fourth-order valence-corrected chi connectivity index (χ4v) is 2.24. The summed E-state index contributed by atoms with van der Waals surface area (Å²) >= 11 is 0. The van der Waals surface area contributed by atoms with Crippen LogP contribution in [0.25, 0.3) is 0 Å². The smallest absolute Gasteiger partial charge is 0.417 e. The van der Waals surface area contributed by atoms with Crippen molar-refractivity contribution in [2.45, 2.75) is 26.1 Å². The number of rotatable bonds is 3. The van der Waals surface area contributed by atoms with Crippen LogP contribution in [-0.2, 0) is 10.9 Å². The predicted octanol–water partition coefficient (Wildman–Crippen LogP) is 4.93. The summed E-state index contributed by atoms with van der Waals surface area (Å²) in [5.41, 5.74) is 0.208. The third kappa shape index (κ3) is 3.47. The average Bonchev–Trinajstić information content (AvgIpc) is 2.46. The number of hydrogen-bond donors (Lipinski definition) is 0. The van der Waals surface area contributed by atoms with Gasteiger partial charge in [0.2, 0.25) is 0 Å². The lowest BCUT2D eigenvalue weighted by atomic mass is 10.0. The minimum absolute atomic E-state index is 0.476. The monoisotopic (exact) mass is 308 g/mol. The summed E-state index contributed by atoms with van der Waals surface area (Å²) in [7, 11) is 0. The molecule has 5 heteroatoms. The maximum Gasteiger partial charge on any atom is 0.417 e. The first-order valence-electron chi connectivity index (χ1n) is 6.73. The van der Waals surface area contributed by atoms with Crippen molar-refractivity contribution in [2.24, 2.45) is 0 Å². The molecule has 0 aliphatic rings. The molecule has 0 saturated heterocycles. The van der Waals surface area contributed by atoms with E-state index in [-0.39, 0.29) is 0 Å².